The average Bonchev–Trinajstić information content (AvgIpc) is 2.88. The van der Waals surface area contributed by atoms with Gasteiger partial charge in [-0.3, -0.25) is 4.90 Å². The molecule has 0 aromatic heterocycles. The van der Waals surface area contributed by atoms with Crippen molar-refractivity contribution in [1.82, 2.24) is 4.90 Å². The lowest BCUT2D eigenvalue weighted by molar-refractivity contribution is 0.232. The van der Waals surface area contributed by atoms with Gasteiger partial charge in [-0.25, -0.2) is 0 Å². The van der Waals surface area contributed by atoms with Crippen molar-refractivity contribution in [2.75, 3.05) is 13.1 Å². The van der Waals surface area contributed by atoms with E-state index in [9.17, 15) is 0 Å². The second-order valence-corrected chi connectivity index (χ2v) is 4.46. The second kappa shape index (κ2) is 4.51. The van der Waals surface area contributed by atoms with Crippen LogP contribution in [0, 0.1) is 34.5 Å². The lowest BCUT2D eigenvalue weighted by atomic mass is 9.92. The van der Waals surface area contributed by atoms with Crippen LogP contribution in [-0.4, -0.2) is 35.0 Å². The van der Waals surface area contributed by atoms with E-state index < -0.39 is 0 Å². The standard InChI is InChI=1S/C11H14N4O/c12-3-5-15(6-4-13)11-9-2-1-8(7-9)10(11)14-16/h8-9,11,16H,1-2,5-7H2/b14-10+/t8-,9-,11-/m0/s1. The van der Waals surface area contributed by atoms with Gasteiger partial charge in [-0.05, 0) is 25.2 Å². The van der Waals surface area contributed by atoms with Crippen molar-refractivity contribution in [1.29, 1.82) is 10.5 Å². The number of oxime groups is 1. The molecule has 5 heteroatoms. The summed E-state index contributed by atoms with van der Waals surface area (Å²) >= 11 is 0. The maximum Gasteiger partial charge on any atom is 0.0879 e. The van der Waals surface area contributed by atoms with E-state index in [0.717, 1.165) is 25.0 Å². The summed E-state index contributed by atoms with van der Waals surface area (Å²) in [6.45, 7) is 0.445. The Morgan fingerprint density at radius 2 is 2.00 bits per heavy atom. The van der Waals surface area contributed by atoms with Gasteiger partial charge in [-0.15, -0.1) is 0 Å². The van der Waals surface area contributed by atoms with E-state index in [2.05, 4.69) is 17.3 Å². The minimum absolute atomic E-state index is 0.00282. The molecular weight excluding hydrogens is 204 g/mol. The Hall–Kier alpha value is -1.59. The molecule has 0 heterocycles. The molecule has 0 saturated heterocycles. The third kappa shape index (κ3) is 1.64. The molecular formula is C11H14N4O. The van der Waals surface area contributed by atoms with Crippen molar-refractivity contribution in [2.45, 2.75) is 25.3 Å². The third-order valence-corrected chi connectivity index (χ3v) is 3.70. The Bertz CT molecular complexity index is 362. The van der Waals surface area contributed by atoms with Crippen LogP contribution in [0.1, 0.15) is 19.3 Å². The molecule has 0 amide bonds. The van der Waals surface area contributed by atoms with Gasteiger partial charge in [0.1, 0.15) is 0 Å². The molecule has 2 rings (SSSR count). The molecule has 5 nitrogen and oxygen atoms in total. The summed E-state index contributed by atoms with van der Waals surface area (Å²) in [5, 5.41) is 29.9. The smallest absolute Gasteiger partial charge is 0.0879 e. The van der Waals surface area contributed by atoms with Gasteiger partial charge < -0.3 is 5.21 Å². The van der Waals surface area contributed by atoms with Gasteiger partial charge in [-0.1, -0.05) is 5.16 Å². The zero-order valence-corrected chi connectivity index (χ0v) is 9.00. The first kappa shape index (κ1) is 10.9. The predicted octanol–water partition coefficient (Wildman–Crippen LogP) is 0.964. The molecule has 0 aromatic carbocycles. The van der Waals surface area contributed by atoms with E-state index in [4.69, 9.17) is 15.7 Å². The van der Waals surface area contributed by atoms with E-state index in [-0.39, 0.29) is 19.1 Å². The van der Waals surface area contributed by atoms with Crippen molar-refractivity contribution in [3.8, 4) is 12.1 Å². The van der Waals surface area contributed by atoms with E-state index in [0.29, 0.717) is 11.8 Å². The first-order valence-electron chi connectivity index (χ1n) is 5.51. The summed E-state index contributed by atoms with van der Waals surface area (Å²) in [5.41, 5.74) is 0.779. The van der Waals surface area contributed by atoms with Crippen LogP contribution in [0.5, 0.6) is 0 Å². The number of rotatable bonds is 3. The van der Waals surface area contributed by atoms with Gasteiger partial charge in [0.05, 0.1) is 37.0 Å². The molecule has 16 heavy (non-hydrogen) atoms. The van der Waals surface area contributed by atoms with Crippen molar-refractivity contribution in [3.63, 3.8) is 0 Å². The predicted molar refractivity (Wildman–Crippen MR) is 56.6 cm³/mol. The van der Waals surface area contributed by atoms with Gasteiger partial charge in [0, 0.05) is 5.92 Å². The van der Waals surface area contributed by atoms with Gasteiger partial charge in [0.15, 0.2) is 0 Å². The fraction of sp³-hybridized carbons (Fsp3) is 0.727. The molecule has 0 aliphatic heterocycles. The molecule has 3 atom stereocenters. The Morgan fingerprint density at radius 1 is 1.31 bits per heavy atom. The maximum absolute atomic E-state index is 9.04. The summed E-state index contributed by atoms with van der Waals surface area (Å²) in [5.74, 6) is 0.817. The summed E-state index contributed by atoms with van der Waals surface area (Å²) in [6, 6.07) is 4.15. The SMILES string of the molecule is N#CCN(CC#N)[C@@H]1/C(=N/O)[C@H]2CC[C@H]1C2. The minimum atomic E-state index is 0.00282. The van der Waals surface area contributed by atoms with Crippen molar-refractivity contribution < 1.29 is 5.21 Å². The largest absolute Gasteiger partial charge is 0.411 e. The maximum atomic E-state index is 9.04. The van der Waals surface area contributed by atoms with E-state index in [1.165, 1.54) is 0 Å². The average molecular weight is 218 g/mol. The lowest BCUT2D eigenvalue weighted by Gasteiger charge is -2.31. The van der Waals surface area contributed by atoms with Crippen LogP contribution in [0.4, 0.5) is 0 Å². The summed E-state index contributed by atoms with van der Waals surface area (Å²) in [6.07, 6.45) is 3.23. The zero-order valence-electron chi connectivity index (χ0n) is 9.00. The van der Waals surface area contributed by atoms with Gasteiger partial charge in [0.25, 0.3) is 0 Å². The van der Waals surface area contributed by atoms with Crippen molar-refractivity contribution >= 4 is 5.71 Å². The van der Waals surface area contributed by atoms with Crippen LogP contribution < -0.4 is 0 Å². The monoisotopic (exact) mass is 218 g/mol. The number of nitriles is 2. The first-order valence-corrected chi connectivity index (χ1v) is 5.51. The molecule has 2 bridgehead atoms. The molecule has 2 aliphatic carbocycles. The Morgan fingerprint density at radius 3 is 2.56 bits per heavy atom. The normalized spacial score (nSPS) is 34.2. The van der Waals surface area contributed by atoms with E-state index in [1.807, 2.05) is 4.90 Å². The van der Waals surface area contributed by atoms with Crippen LogP contribution in [0.25, 0.3) is 0 Å². The lowest BCUT2D eigenvalue weighted by Crippen LogP contribution is -2.45. The molecule has 84 valence electrons. The molecule has 2 aliphatic rings. The van der Waals surface area contributed by atoms with E-state index >= 15 is 0 Å². The van der Waals surface area contributed by atoms with Crippen LogP contribution >= 0.6 is 0 Å². The van der Waals surface area contributed by atoms with Gasteiger partial charge >= 0.3 is 0 Å². The fourth-order valence-electron chi connectivity index (χ4n) is 3.12. The van der Waals surface area contributed by atoms with Crippen molar-refractivity contribution in [2.24, 2.45) is 17.0 Å². The van der Waals surface area contributed by atoms with E-state index in [1.54, 1.807) is 0 Å². The number of hydrogen-bond donors (Lipinski definition) is 1. The first-order chi connectivity index (χ1) is 7.81. The van der Waals surface area contributed by atoms with Gasteiger partial charge in [0.2, 0.25) is 0 Å². The zero-order chi connectivity index (χ0) is 11.5. The second-order valence-electron chi connectivity index (χ2n) is 4.46. The molecule has 0 aromatic rings. The number of nitrogens with zero attached hydrogens (tertiary/aromatic N) is 4. The van der Waals surface area contributed by atoms with Crippen LogP contribution in [0.15, 0.2) is 5.16 Å². The third-order valence-electron chi connectivity index (χ3n) is 3.70. The summed E-state index contributed by atoms with van der Waals surface area (Å²) in [4.78, 5) is 1.82. The highest BCUT2D eigenvalue weighted by Gasteiger charge is 2.47. The Labute approximate surface area is 94.6 Å². The van der Waals surface area contributed by atoms with Gasteiger partial charge in [-0.2, -0.15) is 10.5 Å². The molecule has 2 saturated carbocycles. The topological polar surface area (TPSA) is 83.4 Å². The number of hydrogen-bond acceptors (Lipinski definition) is 5. The highest BCUT2D eigenvalue weighted by molar-refractivity contribution is 5.94. The van der Waals surface area contributed by atoms with Crippen LogP contribution in [0.2, 0.25) is 0 Å². The molecule has 0 spiro atoms. The summed E-state index contributed by atoms with van der Waals surface area (Å²) in [7, 11) is 0. The Kier molecular flexibility index (Phi) is 3.07. The highest BCUT2D eigenvalue weighted by atomic mass is 16.4. The molecule has 0 radical (unpaired) electrons. The highest BCUT2D eigenvalue weighted by Crippen LogP contribution is 2.44. The minimum Gasteiger partial charge on any atom is -0.411 e. The number of fused-ring (bicyclic) bond motifs is 2. The van der Waals surface area contributed by atoms with Crippen LogP contribution in [-0.2, 0) is 0 Å². The quantitative estimate of drug-likeness (QED) is 0.434. The Balaban J connectivity index is 2.18. The molecule has 2 fully saturated rings. The van der Waals surface area contributed by atoms with Crippen LogP contribution in [0.3, 0.4) is 0 Å². The summed E-state index contributed by atoms with van der Waals surface area (Å²) < 4.78 is 0. The molecule has 1 N–H and O–H groups in total. The molecule has 0 unspecified atom stereocenters. The fourth-order valence-corrected chi connectivity index (χ4v) is 3.12. The van der Waals surface area contributed by atoms with Crippen molar-refractivity contribution in [3.05, 3.63) is 0 Å².